The van der Waals surface area contributed by atoms with E-state index in [2.05, 4.69) is 0 Å². The van der Waals surface area contributed by atoms with Gasteiger partial charge in [0.2, 0.25) is 0 Å². The predicted molar refractivity (Wildman–Crippen MR) is 39.8 cm³/mol. The van der Waals surface area contributed by atoms with Crippen molar-refractivity contribution in [2.24, 2.45) is 0 Å². The van der Waals surface area contributed by atoms with E-state index in [-0.39, 0.29) is 5.78 Å². The van der Waals surface area contributed by atoms with Gasteiger partial charge in [-0.05, 0) is 13.8 Å². The van der Waals surface area contributed by atoms with Gasteiger partial charge in [0, 0.05) is 6.42 Å². The van der Waals surface area contributed by atoms with E-state index in [4.69, 9.17) is 4.79 Å². The first-order valence-corrected chi connectivity index (χ1v) is 2.84. The molecule has 0 aromatic rings. The van der Waals surface area contributed by atoms with E-state index in [0.717, 1.165) is 6.29 Å². The minimum atomic E-state index is 0.167. The fourth-order valence-electron chi connectivity index (χ4n) is 0. The molecule has 0 aliphatic rings. The molecule has 3 heteroatoms. The van der Waals surface area contributed by atoms with Crippen molar-refractivity contribution >= 4 is 18.9 Å². The van der Waals surface area contributed by atoms with Crippen LogP contribution in [0.15, 0.2) is 0 Å². The van der Waals surface area contributed by atoms with Gasteiger partial charge in [-0.15, -0.1) is 0 Å². The number of Topliss-reactive ketones (excluding diaryl/α,β-unsaturated/α-hetero) is 1. The molecular formula is C7H14O3. The summed E-state index contributed by atoms with van der Waals surface area (Å²) in [5.41, 5.74) is 0. The van der Waals surface area contributed by atoms with Gasteiger partial charge in [-0.3, -0.25) is 0 Å². The molecule has 0 aromatic heterocycles. The number of rotatable bonds is 1. The quantitative estimate of drug-likeness (QED) is 0.519. The zero-order valence-electron chi connectivity index (χ0n) is 6.72. The summed E-state index contributed by atoms with van der Waals surface area (Å²) in [5, 5.41) is 0. The van der Waals surface area contributed by atoms with Crippen molar-refractivity contribution in [2.75, 3.05) is 0 Å². The molecule has 10 heavy (non-hydrogen) atoms. The molecule has 0 unspecified atom stereocenters. The molecule has 0 N–H and O–H groups in total. The summed E-state index contributed by atoms with van der Waals surface area (Å²) in [6.07, 6.45) is 1.51. The Morgan fingerprint density at radius 3 is 1.50 bits per heavy atom. The molecule has 0 heterocycles. The molecule has 0 saturated heterocycles. The topological polar surface area (TPSA) is 51.2 Å². The zero-order valence-corrected chi connectivity index (χ0v) is 6.72. The summed E-state index contributed by atoms with van der Waals surface area (Å²) in [4.78, 5) is 26.6. The molecular weight excluding hydrogens is 132 g/mol. The van der Waals surface area contributed by atoms with Gasteiger partial charge in [-0.2, -0.15) is 0 Å². The Hall–Kier alpha value is -0.990. The van der Waals surface area contributed by atoms with Crippen LogP contribution >= 0.6 is 0 Å². The number of carbonyl (C=O) groups excluding carboxylic acids is 3. The second-order valence-corrected chi connectivity index (χ2v) is 1.48. The van der Waals surface area contributed by atoms with Crippen LogP contribution in [0.5, 0.6) is 0 Å². The smallest absolute Gasteiger partial charge is 0.126 e. The number of ketones is 1. The Morgan fingerprint density at radius 2 is 1.50 bits per heavy atom. The molecule has 60 valence electrons. The Morgan fingerprint density at radius 1 is 1.40 bits per heavy atom. The van der Waals surface area contributed by atoms with Crippen molar-refractivity contribution in [3.8, 4) is 0 Å². The Labute approximate surface area is 61.4 Å². The van der Waals surface area contributed by atoms with E-state index < -0.39 is 0 Å². The monoisotopic (exact) mass is 146 g/mol. The molecule has 0 bridgehead atoms. The van der Waals surface area contributed by atoms with E-state index in [1.807, 2.05) is 13.7 Å². The maximum atomic E-state index is 9.44. The Bertz CT molecular complexity index is 74.9. The lowest BCUT2D eigenvalue weighted by Gasteiger charge is -1.56. The first-order chi connectivity index (χ1) is 4.65. The summed E-state index contributed by atoms with van der Waals surface area (Å²) in [6.45, 7) is 6.87. The van der Waals surface area contributed by atoms with Crippen LogP contribution in [0.3, 0.4) is 0 Å². The minimum Gasteiger partial charge on any atom is -0.307 e. The normalized spacial score (nSPS) is 5.50. The van der Waals surface area contributed by atoms with Crippen molar-refractivity contribution in [1.29, 1.82) is 0 Å². The largest absolute Gasteiger partial charge is 0.307 e. The molecule has 0 spiro atoms. The van der Waals surface area contributed by atoms with Crippen LogP contribution in [0.25, 0.3) is 0 Å². The number of aldehydes is 1. The second-order valence-electron chi connectivity index (χ2n) is 1.48. The average molecular weight is 146 g/mol. The van der Waals surface area contributed by atoms with Crippen LogP contribution in [-0.2, 0) is 14.4 Å². The number of carbonyl (C=O) groups is 3. The summed E-state index contributed by atoms with van der Waals surface area (Å²) in [6, 6.07) is 0. The zero-order chi connectivity index (χ0) is 8.99. The van der Waals surface area contributed by atoms with Crippen LogP contribution in [0, 0.1) is 0 Å². The van der Waals surface area contributed by atoms with Crippen LogP contribution in [0.1, 0.15) is 27.2 Å². The molecule has 0 radical (unpaired) electrons. The van der Waals surface area contributed by atoms with E-state index >= 15 is 0 Å². The van der Waals surface area contributed by atoms with Gasteiger partial charge in [-0.1, -0.05) is 6.92 Å². The highest BCUT2D eigenvalue weighted by Gasteiger charge is 1.62. The van der Waals surface area contributed by atoms with Crippen molar-refractivity contribution in [1.82, 2.24) is 0 Å². The lowest BCUT2D eigenvalue weighted by atomic mass is 10.6. The highest BCUT2D eigenvalue weighted by Crippen LogP contribution is 1.53. The van der Waals surface area contributed by atoms with Gasteiger partial charge >= 0.3 is 0 Å². The van der Waals surface area contributed by atoms with Gasteiger partial charge < -0.3 is 14.4 Å². The van der Waals surface area contributed by atoms with Crippen molar-refractivity contribution < 1.29 is 14.4 Å². The Balaban J connectivity index is -0.0000000787. The summed E-state index contributed by atoms with van der Waals surface area (Å²) < 4.78 is 0. The van der Waals surface area contributed by atoms with E-state index in [9.17, 15) is 9.59 Å². The average Bonchev–Trinajstić information content (AvgIpc) is 1.91. The van der Waals surface area contributed by atoms with E-state index in [1.165, 1.54) is 13.8 Å². The van der Waals surface area contributed by atoms with E-state index in [1.54, 1.807) is 0 Å². The first-order valence-electron chi connectivity index (χ1n) is 2.84. The summed E-state index contributed by atoms with van der Waals surface area (Å²) in [7, 11) is 0. The van der Waals surface area contributed by atoms with Crippen molar-refractivity contribution in [3.05, 3.63) is 0 Å². The molecule has 0 saturated carbocycles. The van der Waals surface area contributed by atoms with Gasteiger partial charge in [0.15, 0.2) is 0 Å². The highest BCUT2D eigenvalue weighted by molar-refractivity contribution is 5.72. The Kier molecular flexibility index (Phi) is 39.2. The molecule has 0 amide bonds. The fraction of sp³-hybridized carbons (Fsp3) is 0.571. The molecule has 0 rings (SSSR count). The molecule has 3 nitrogen and oxygen atoms in total. The van der Waals surface area contributed by atoms with Crippen LogP contribution in [0.2, 0.25) is 0 Å². The van der Waals surface area contributed by atoms with Gasteiger partial charge in [-0.25, -0.2) is 0 Å². The maximum Gasteiger partial charge on any atom is 0.126 e. The predicted octanol–water partition coefficient (Wildman–Crippen LogP) is 1.01. The van der Waals surface area contributed by atoms with Crippen LogP contribution in [-0.4, -0.2) is 18.9 Å². The SMILES string of the molecule is C=O.CC(C)=O.CCC=O. The number of hydrogen-bond donors (Lipinski definition) is 0. The first kappa shape index (κ1) is 16.0. The van der Waals surface area contributed by atoms with Gasteiger partial charge in [0.1, 0.15) is 18.9 Å². The molecule has 0 aliphatic carbocycles. The van der Waals surface area contributed by atoms with Crippen LogP contribution < -0.4 is 0 Å². The fourth-order valence-corrected chi connectivity index (χ4v) is 0. The third kappa shape index (κ3) is 2530000. The van der Waals surface area contributed by atoms with Crippen molar-refractivity contribution in [3.63, 3.8) is 0 Å². The van der Waals surface area contributed by atoms with Crippen LogP contribution in [0.4, 0.5) is 0 Å². The molecule has 0 atom stereocenters. The second kappa shape index (κ2) is 24.5. The standard InChI is InChI=1S/2C3H6O.CH2O/c1-3(2)4;1-2-3-4;1-2/h1-2H3;3H,2H2,1H3;1H2. The summed E-state index contributed by atoms with van der Waals surface area (Å²) in [5.74, 6) is 0.167. The highest BCUT2D eigenvalue weighted by atomic mass is 16.1. The van der Waals surface area contributed by atoms with Crippen molar-refractivity contribution in [2.45, 2.75) is 27.2 Å². The van der Waals surface area contributed by atoms with Gasteiger partial charge in [0.25, 0.3) is 0 Å². The lowest BCUT2D eigenvalue weighted by molar-refractivity contribution is -0.115. The van der Waals surface area contributed by atoms with E-state index in [0.29, 0.717) is 6.42 Å². The maximum absolute atomic E-state index is 9.44. The third-order valence-electron chi connectivity index (χ3n) is 0.167. The third-order valence-corrected chi connectivity index (χ3v) is 0.167. The lowest BCUT2D eigenvalue weighted by Crippen LogP contribution is -1.69. The molecule has 0 fully saturated rings. The minimum absolute atomic E-state index is 0.167. The molecule has 0 aromatic carbocycles. The summed E-state index contributed by atoms with van der Waals surface area (Å²) >= 11 is 0. The van der Waals surface area contributed by atoms with Gasteiger partial charge in [0.05, 0.1) is 0 Å². The molecule has 0 aliphatic heterocycles. The number of hydrogen-bond acceptors (Lipinski definition) is 3.